The number of benzene rings is 2. The van der Waals surface area contributed by atoms with Crippen LogP contribution in [-0.4, -0.2) is 12.6 Å². The van der Waals surface area contributed by atoms with Gasteiger partial charge >= 0.3 is 0 Å². The summed E-state index contributed by atoms with van der Waals surface area (Å²) in [6, 6.07) is 9.64. The number of carbonyl (C=O) groups is 1. The number of carbonyl (C=O) groups excluding carboxylic acids is 1. The molecule has 5 nitrogen and oxygen atoms in total. The molecule has 7 heteroatoms. The van der Waals surface area contributed by atoms with E-state index in [-0.39, 0.29) is 12.6 Å². The highest BCUT2D eigenvalue weighted by Gasteiger charge is 2.30. The molecule has 5 rings (SSSR count). The Hall–Kier alpha value is -2.61. The summed E-state index contributed by atoms with van der Waals surface area (Å²) in [5, 5.41) is 2.00. The number of aryl methyl sites for hydroxylation is 2. The third kappa shape index (κ3) is 3.89. The number of hydrogen-bond acceptors (Lipinski definition) is 6. The normalized spacial score (nSPS) is 16.0. The molecule has 0 spiro atoms. The van der Waals surface area contributed by atoms with Crippen LogP contribution >= 0.6 is 27.3 Å². The lowest BCUT2D eigenvalue weighted by molar-refractivity contribution is -0.0176. The highest BCUT2D eigenvalue weighted by molar-refractivity contribution is 9.10. The van der Waals surface area contributed by atoms with Crippen LogP contribution in [-0.2, 0) is 18.0 Å². The lowest BCUT2D eigenvalue weighted by atomic mass is 10.0. The first-order valence-corrected chi connectivity index (χ1v) is 11.4. The van der Waals surface area contributed by atoms with Gasteiger partial charge in [0.2, 0.25) is 5.78 Å². The highest BCUT2D eigenvalue weighted by atomic mass is 79.9. The molecule has 0 unspecified atom stereocenters. The molecule has 3 heterocycles. The summed E-state index contributed by atoms with van der Waals surface area (Å²) in [6.45, 7) is 4.98. The first-order chi connectivity index (χ1) is 15.0. The molecule has 2 aliphatic rings. The molecule has 2 aliphatic heterocycles. The number of Topliss-reactive ketones (excluding diaryl/α,β-unsaturated/α-hetero) is 1. The second-order valence-electron chi connectivity index (χ2n) is 7.47. The molecule has 0 amide bonds. The fraction of sp³-hybridized carbons (Fsp3) is 0.208. The molecular formula is C24H19BrO5S. The van der Waals surface area contributed by atoms with Crippen molar-refractivity contribution in [3.63, 3.8) is 0 Å². The van der Waals surface area contributed by atoms with E-state index in [1.54, 1.807) is 17.4 Å². The van der Waals surface area contributed by atoms with Gasteiger partial charge in [0.25, 0.3) is 0 Å². The van der Waals surface area contributed by atoms with Gasteiger partial charge in [0.05, 0.1) is 12.2 Å². The topological polar surface area (TPSA) is 54.0 Å². The van der Waals surface area contributed by atoms with Crippen molar-refractivity contribution in [1.29, 1.82) is 0 Å². The van der Waals surface area contributed by atoms with E-state index in [1.165, 1.54) is 0 Å². The zero-order valence-corrected chi connectivity index (χ0v) is 19.4. The Labute approximate surface area is 192 Å². The fourth-order valence-electron chi connectivity index (χ4n) is 3.74. The zero-order valence-electron chi connectivity index (χ0n) is 17.0. The van der Waals surface area contributed by atoms with E-state index in [0.717, 1.165) is 37.4 Å². The van der Waals surface area contributed by atoms with Gasteiger partial charge in [0.1, 0.15) is 23.9 Å². The van der Waals surface area contributed by atoms with E-state index in [2.05, 4.69) is 15.9 Å². The maximum Gasteiger partial charge on any atom is 0.232 e. The van der Waals surface area contributed by atoms with Gasteiger partial charge in [-0.25, -0.2) is 0 Å². The number of halogens is 1. The van der Waals surface area contributed by atoms with Crippen LogP contribution in [0.4, 0.5) is 0 Å². The Morgan fingerprint density at radius 2 is 2.06 bits per heavy atom. The molecule has 0 saturated heterocycles. The summed E-state index contributed by atoms with van der Waals surface area (Å²) in [5.74, 6) is 2.21. The predicted molar refractivity (Wildman–Crippen MR) is 122 cm³/mol. The molecule has 0 fully saturated rings. The van der Waals surface area contributed by atoms with Gasteiger partial charge in [0.15, 0.2) is 12.6 Å². The minimum atomic E-state index is -0.0960. The monoisotopic (exact) mass is 498 g/mol. The molecule has 1 aromatic heterocycles. The molecule has 0 atom stereocenters. The number of rotatable bonds is 4. The second-order valence-corrected chi connectivity index (χ2v) is 9.34. The SMILES string of the molecule is Cc1ccsc1/C=C1\Oc2cc(OCc3cc(Br)cc4c3OCOC4)cc(C)c2C1=O. The summed E-state index contributed by atoms with van der Waals surface area (Å²) in [4.78, 5) is 13.9. The first kappa shape index (κ1) is 20.3. The molecule has 0 bridgehead atoms. The van der Waals surface area contributed by atoms with E-state index in [1.807, 2.05) is 49.6 Å². The second kappa shape index (κ2) is 8.15. The molecule has 158 valence electrons. The number of allylic oxidation sites excluding steroid dienone is 1. The van der Waals surface area contributed by atoms with Crippen LogP contribution in [0.1, 0.15) is 37.5 Å². The van der Waals surface area contributed by atoms with Crippen LogP contribution in [0, 0.1) is 13.8 Å². The Balaban J connectivity index is 1.40. The largest absolute Gasteiger partial charge is 0.489 e. The number of thiophene rings is 1. The highest BCUT2D eigenvalue weighted by Crippen LogP contribution is 2.39. The maximum atomic E-state index is 12.9. The van der Waals surface area contributed by atoms with Crippen molar-refractivity contribution in [1.82, 2.24) is 0 Å². The van der Waals surface area contributed by atoms with Crippen molar-refractivity contribution in [3.05, 3.63) is 78.6 Å². The van der Waals surface area contributed by atoms with Gasteiger partial charge in [-0.2, -0.15) is 0 Å². The van der Waals surface area contributed by atoms with E-state index in [4.69, 9.17) is 18.9 Å². The number of ether oxygens (including phenoxy) is 4. The van der Waals surface area contributed by atoms with Gasteiger partial charge in [-0.3, -0.25) is 4.79 Å². The molecular weight excluding hydrogens is 480 g/mol. The Kier molecular flexibility index (Phi) is 5.33. The average molecular weight is 499 g/mol. The van der Waals surface area contributed by atoms with Crippen molar-refractivity contribution in [2.75, 3.05) is 6.79 Å². The Morgan fingerprint density at radius 3 is 2.87 bits per heavy atom. The van der Waals surface area contributed by atoms with Crippen LogP contribution in [0.5, 0.6) is 17.2 Å². The van der Waals surface area contributed by atoms with Crippen LogP contribution in [0.25, 0.3) is 6.08 Å². The van der Waals surface area contributed by atoms with Crippen LogP contribution in [0.15, 0.2) is 45.9 Å². The minimum Gasteiger partial charge on any atom is -0.489 e. The summed E-state index contributed by atoms with van der Waals surface area (Å²) in [6.07, 6.45) is 1.81. The predicted octanol–water partition coefficient (Wildman–Crippen LogP) is 6.19. The van der Waals surface area contributed by atoms with Gasteiger partial charge in [-0.05, 0) is 54.6 Å². The Bertz CT molecular complexity index is 1230. The molecule has 31 heavy (non-hydrogen) atoms. The van der Waals surface area contributed by atoms with Crippen LogP contribution in [0.2, 0.25) is 0 Å². The maximum absolute atomic E-state index is 12.9. The van der Waals surface area contributed by atoms with E-state index >= 15 is 0 Å². The van der Waals surface area contributed by atoms with E-state index in [0.29, 0.717) is 36.0 Å². The quantitative estimate of drug-likeness (QED) is 0.401. The molecule has 0 aliphatic carbocycles. The number of hydrogen-bond donors (Lipinski definition) is 0. The fourth-order valence-corrected chi connectivity index (χ4v) is 5.14. The molecule has 0 N–H and O–H groups in total. The van der Waals surface area contributed by atoms with E-state index < -0.39 is 0 Å². The van der Waals surface area contributed by atoms with Crippen molar-refractivity contribution in [3.8, 4) is 17.2 Å². The van der Waals surface area contributed by atoms with Crippen LogP contribution < -0.4 is 14.2 Å². The summed E-state index contributed by atoms with van der Waals surface area (Å²) < 4.78 is 24.0. The van der Waals surface area contributed by atoms with Gasteiger partial charge in [-0.1, -0.05) is 15.9 Å². The van der Waals surface area contributed by atoms with E-state index in [9.17, 15) is 4.79 Å². The summed E-state index contributed by atoms with van der Waals surface area (Å²) in [7, 11) is 0. The number of ketones is 1. The summed E-state index contributed by atoms with van der Waals surface area (Å²) in [5.41, 5.74) is 4.45. The smallest absolute Gasteiger partial charge is 0.232 e. The van der Waals surface area contributed by atoms with Gasteiger partial charge in [0, 0.05) is 32.6 Å². The molecule has 2 aromatic carbocycles. The first-order valence-electron chi connectivity index (χ1n) is 9.77. The van der Waals surface area contributed by atoms with Gasteiger partial charge in [-0.15, -0.1) is 11.3 Å². The lowest BCUT2D eigenvalue weighted by Crippen LogP contribution is -2.14. The third-order valence-electron chi connectivity index (χ3n) is 5.25. The zero-order chi connectivity index (χ0) is 21.5. The van der Waals surface area contributed by atoms with Gasteiger partial charge < -0.3 is 18.9 Å². The lowest BCUT2D eigenvalue weighted by Gasteiger charge is -2.21. The number of fused-ring (bicyclic) bond motifs is 2. The third-order valence-corrected chi connectivity index (χ3v) is 6.68. The molecule has 0 radical (unpaired) electrons. The average Bonchev–Trinajstić information content (AvgIpc) is 3.29. The van der Waals surface area contributed by atoms with Crippen molar-refractivity contribution < 1.29 is 23.7 Å². The minimum absolute atomic E-state index is 0.0960. The van der Waals surface area contributed by atoms with Crippen LogP contribution in [0.3, 0.4) is 0 Å². The standard InChI is InChI=1S/C24H19BrO5S/c1-13-3-4-31-21(13)9-20-23(26)22-14(2)5-18(8-19(22)30-20)28-11-16-7-17(25)6-15-10-27-12-29-24(15)16/h3-9H,10-12H2,1-2H3/b20-9-. The van der Waals surface area contributed by atoms with Crippen molar-refractivity contribution >= 4 is 39.1 Å². The summed E-state index contributed by atoms with van der Waals surface area (Å²) >= 11 is 5.12. The molecule has 3 aromatic rings. The Morgan fingerprint density at radius 1 is 1.19 bits per heavy atom. The van der Waals surface area contributed by atoms with Crippen molar-refractivity contribution in [2.24, 2.45) is 0 Å². The van der Waals surface area contributed by atoms with Crippen molar-refractivity contribution in [2.45, 2.75) is 27.1 Å². The molecule has 0 saturated carbocycles.